The van der Waals surface area contributed by atoms with Crippen molar-refractivity contribution in [2.24, 2.45) is 0 Å². The lowest BCUT2D eigenvalue weighted by atomic mass is 10.1. The Kier molecular flexibility index (Phi) is 5.20. The average molecular weight is 298 g/mol. The van der Waals surface area contributed by atoms with Crippen molar-refractivity contribution in [1.29, 1.82) is 0 Å². The summed E-state index contributed by atoms with van der Waals surface area (Å²) in [6.45, 7) is 1.53. The molecule has 0 radical (unpaired) electrons. The van der Waals surface area contributed by atoms with Gasteiger partial charge in [0.2, 0.25) is 5.78 Å². The molecule has 0 bridgehead atoms. The van der Waals surface area contributed by atoms with E-state index in [1.54, 1.807) is 30.3 Å². The average Bonchev–Trinajstić information content (AvgIpc) is 2.54. The molecule has 0 heterocycles. The van der Waals surface area contributed by atoms with Crippen LogP contribution in [-0.4, -0.2) is 17.9 Å². The molecule has 2 aromatic carbocycles. The molecule has 22 heavy (non-hydrogen) atoms. The number of rotatable bonds is 5. The van der Waals surface area contributed by atoms with Crippen LogP contribution in [0.25, 0.3) is 6.08 Å². The van der Waals surface area contributed by atoms with Gasteiger partial charge in [-0.25, -0.2) is 9.18 Å². The first-order valence-electron chi connectivity index (χ1n) is 6.80. The summed E-state index contributed by atoms with van der Waals surface area (Å²) in [5, 5.41) is 0. The fourth-order valence-corrected chi connectivity index (χ4v) is 1.84. The highest BCUT2D eigenvalue weighted by Gasteiger charge is 2.17. The first-order valence-corrected chi connectivity index (χ1v) is 6.80. The number of carbonyl (C=O) groups is 2. The third-order valence-electron chi connectivity index (χ3n) is 3.00. The van der Waals surface area contributed by atoms with Gasteiger partial charge in [0.1, 0.15) is 5.82 Å². The summed E-state index contributed by atoms with van der Waals surface area (Å²) in [6.07, 6.45) is 1.84. The molecule has 1 atom stereocenters. The van der Waals surface area contributed by atoms with Gasteiger partial charge in [0.15, 0.2) is 6.10 Å². The maximum Gasteiger partial charge on any atom is 0.331 e. The molecule has 0 spiro atoms. The van der Waals surface area contributed by atoms with Crippen LogP contribution in [0, 0.1) is 5.82 Å². The predicted octanol–water partition coefficient (Wildman–Crippen LogP) is 3.65. The lowest BCUT2D eigenvalue weighted by Crippen LogP contribution is -2.23. The number of esters is 1. The minimum Gasteiger partial charge on any atom is -0.451 e. The van der Waals surface area contributed by atoms with Crippen LogP contribution in [-0.2, 0) is 9.53 Å². The molecule has 0 N–H and O–H groups in total. The topological polar surface area (TPSA) is 43.4 Å². The molecule has 0 fully saturated rings. The Hall–Kier alpha value is -2.75. The van der Waals surface area contributed by atoms with E-state index in [1.807, 2.05) is 0 Å². The van der Waals surface area contributed by atoms with Gasteiger partial charge in [0, 0.05) is 11.6 Å². The molecule has 1 unspecified atom stereocenters. The van der Waals surface area contributed by atoms with Crippen LogP contribution in [0.1, 0.15) is 22.8 Å². The van der Waals surface area contributed by atoms with E-state index < -0.39 is 12.1 Å². The van der Waals surface area contributed by atoms with Gasteiger partial charge >= 0.3 is 5.97 Å². The van der Waals surface area contributed by atoms with Crippen LogP contribution >= 0.6 is 0 Å². The second kappa shape index (κ2) is 7.31. The van der Waals surface area contributed by atoms with Crippen molar-refractivity contribution >= 4 is 17.8 Å². The Bertz CT molecular complexity index is 675. The Morgan fingerprint density at radius 2 is 1.68 bits per heavy atom. The highest BCUT2D eigenvalue weighted by molar-refractivity contribution is 6.00. The molecule has 0 saturated carbocycles. The van der Waals surface area contributed by atoms with Crippen LogP contribution in [0.3, 0.4) is 0 Å². The zero-order chi connectivity index (χ0) is 15.9. The van der Waals surface area contributed by atoms with Crippen LogP contribution in [0.5, 0.6) is 0 Å². The number of ketones is 1. The van der Waals surface area contributed by atoms with Crippen molar-refractivity contribution in [2.75, 3.05) is 0 Å². The highest BCUT2D eigenvalue weighted by atomic mass is 19.1. The van der Waals surface area contributed by atoms with E-state index in [4.69, 9.17) is 4.74 Å². The van der Waals surface area contributed by atoms with Gasteiger partial charge in [0.25, 0.3) is 0 Å². The third-order valence-corrected chi connectivity index (χ3v) is 3.00. The standard InChI is InChI=1S/C18H15FO3/c1-13(18(21)15-5-3-2-4-6-15)22-17(20)12-9-14-7-10-16(19)11-8-14/h2-13H,1H3/b12-9+. The minimum atomic E-state index is -0.868. The summed E-state index contributed by atoms with van der Waals surface area (Å²) in [5.41, 5.74) is 1.16. The van der Waals surface area contributed by atoms with Gasteiger partial charge in [-0.05, 0) is 30.7 Å². The van der Waals surface area contributed by atoms with E-state index in [1.165, 1.54) is 43.3 Å². The normalized spacial score (nSPS) is 12.1. The Morgan fingerprint density at radius 1 is 1.05 bits per heavy atom. The van der Waals surface area contributed by atoms with Crippen LogP contribution < -0.4 is 0 Å². The minimum absolute atomic E-state index is 0.260. The number of ether oxygens (including phenoxy) is 1. The smallest absolute Gasteiger partial charge is 0.331 e. The van der Waals surface area contributed by atoms with E-state index in [9.17, 15) is 14.0 Å². The molecule has 3 nitrogen and oxygen atoms in total. The molecule has 0 amide bonds. The lowest BCUT2D eigenvalue weighted by Gasteiger charge is -2.10. The summed E-state index contributed by atoms with van der Waals surface area (Å²) < 4.78 is 17.8. The maximum atomic E-state index is 12.8. The van der Waals surface area contributed by atoms with Gasteiger partial charge in [-0.15, -0.1) is 0 Å². The number of hydrogen-bond acceptors (Lipinski definition) is 3. The van der Waals surface area contributed by atoms with Crippen LogP contribution in [0.15, 0.2) is 60.7 Å². The Balaban J connectivity index is 1.94. The molecule has 2 aromatic rings. The summed E-state index contributed by atoms with van der Waals surface area (Å²) in [6, 6.07) is 14.3. The molecule has 0 saturated heterocycles. The van der Waals surface area contributed by atoms with E-state index in [0.717, 1.165) is 0 Å². The summed E-state index contributed by atoms with van der Waals surface area (Å²) in [7, 11) is 0. The number of carbonyl (C=O) groups excluding carboxylic acids is 2. The maximum absolute atomic E-state index is 12.8. The number of benzene rings is 2. The summed E-state index contributed by atoms with van der Waals surface area (Å²) in [4.78, 5) is 23.7. The molecule has 0 aliphatic carbocycles. The number of halogens is 1. The third kappa shape index (κ3) is 4.38. The molecule has 2 rings (SSSR count). The first-order chi connectivity index (χ1) is 10.6. The van der Waals surface area contributed by atoms with Crippen molar-refractivity contribution in [1.82, 2.24) is 0 Å². The van der Waals surface area contributed by atoms with Gasteiger partial charge in [0.05, 0.1) is 0 Å². The van der Waals surface area contributed by atoms with Crippen LogP contribution in [0.4, 0.5) is 4.39 Å². The fourth-order valence-electron chi connectivity index (χ4n) is 1.84. The molecule has 112 valence electrons. The van der Waals surface area contributed by atoms with E-state index in [2.05, 4.69) is 0 Å². The van der Waals surface area contributed by atoms with Crippen molar-refractivity contribution in [2.45, 2.75) is 13.0 Å². The van der Waals surface area contributed by atoms with Crippen molar-refractivity contribution in [3.63, 3.8) is 0 Å². The quantitative estimate of drug-likeness (QED) is 0.481. The van der Waals surface area contributed by atoms with Gasteiger partial charge in [-0.1, -0.05) is 42.5 Å². The Labute approximate surface area is 128 Å². The lowest BCUT2D eigenvalue weighted by molar-refractivity contribution is -0.140. The van der Waals surface area contributed by atoms with Crippen LogP contribution in [0.2, 0.25) is 0 Å². The first kappa shape index (κ1) is 15.6. The largest absolute Gasteiger partial charge is 0.451 e. The molecule has 0 aromatic heterocycles. The second-order valence-electron chi connectivity index (χ2n) is 4.69. The van der Waals surface area contributed by atoms with Gasteiger partial charge in [-0.3, -0.25) is 4.79 Å². The monoisotopic (exact) mass is 298 g/mol. The van der Waals surface area contributed by atoms with E-state index in [0.29, 0.717) is 11.1 Å². The summed E-state index contributed by atoms with van der Waals surface area (Å²) >= 11 is 0. The van der Waals surface area contributed by atoms with Crippen molar-refractivity contribution < 1.29 is 18.7 Å². The molecular weight excluding hydrogens is 283 g/mol. The fraction of sp³-hybridized carbons (Fsp3) is 0.111. The van der Waals surface area contributed by atoms with Gasteiger partial charge < -0.3 is 4.74 Å². The SMILES string of the molecule is CC(OC(=O)/C=C/c1ccc(F)cc1)C(=O)c1ccccc1. The molecular formula is C18H15FO3. The number of Topliss-reactive ketones (excluding diaryl/α,β-unsaturated/α-hetero) is 1. The second-order valence-corrected chi connectivity index (χ2v) is 4.69. The molecule has 4 heteroatoms. The van der Waals surface area contributed by atoms with Crippen molar-refractivity contribution in [3.8, 4) is 0 Å². The zero-order valence-electron chi connectivity index (χ0n) is 12.0. The summed E-state index contributed by atoms with van der Waals surface area (Å²) in [5.74, 6) is -1.23. The van der Waals surface area contributed by atoms with E-state index >= 15 is 0 Å². The Morgan fingerprint density at radius 3 is 2.32 bits per heavy atom. The predicted molar refractivity (Wildman–Crippen MR) is 81.8 cm³/mol. The van der Waals surface area contributed by atoms with Crippen molar-refractivity contribution in [3.05, 3.63) is 77.6 Å². The van der Waals surface area contributed by atoms with Gasteiger partial charge in [-0.2, -0.15) is 0 Å². The molecule has 0 aliphatic heterocycles. The van der Waals surface area contributed by atoms with E-state index in [-0.39, 0.29) is 11.6 Å². The highest BCUT2D eigenvalue weighted by Crippen LogP contribution is 2.08. The molecule has 0 aliphatic rings. The number of hydrogen-bond donors (Lipinski definition) is 0. The zero-order valence-corrected chi connectivity index (χ0v) is 12.0.